The SMILES string of the molecule is CC(O)CCCNc1c(N)cc(N)c(Cl)c1F. The largest absolute Gasteiger partial charge is 0.397 e. The van der Waals surface area contributed by atoms with Crippen LogP contribution in [0.15, 0.2) is 6.07 Å². The molecule has 0 radical (unpaired) electrons. The Morgan fingerprint density at radius 2 is 2.12 bits per heavy atom. The number of nitrogens with two attached hydrogens (primary N) is 2. The number of rotatable bonds is 5. The van der Waals surface area contributed by atoms with Crippen LogP contribution in [0.5, 0.6) is 0 Å². The minimum Gasteiger partial charge on any atom is -0.397 e. The second-order valence-electron chi connectivity index (χ2n) is 3.98. The molecule has 0 saturated heterocycles. The standard InChI is InChI=1S/C11H17ClFN3O/c1-6(17)3-2-4-16-11-8(15)5-7(14)9(12)10(11)13/h5-6,16-17H,2-4,14-15H2,1H3. The lowest BCUT2D eigenvalue weighted by atomic mass is 10.2. The van der Waals surface area contributed by atoms with Crippen LogP contribution in [-0.4, -0.2) is 17.8 Å². The van der Waals surface area contributed by atoms with E-state index in [9.17, 15) is 4.39 Å². The average molecular weight is 262 g/mol. The van der Waals surface area contributed by atoms with Gasteiger partial charge in [0.2, 0.25) is 0 Å². The predicted octanol–water partition coefficient (Wildman–Crippen LogP) is 2.22. The van der Waals surface area contributed by atoms with Crippen molar-refractivity contribution >= 4 is 28.7 Å². The number of nitrogen functional groups attached to an aromatic ring is 2. The molecule has 17 heavy (non-hydrogen) atoms. The first kappa shape index (κ1) is 13.9. The van der Waals surface area contributed by atoms with Crippen LogP contribution in [-0.2, 0) is 0 Å². The Bertz CT molecular complexity index is 399. The van der Waals surface area contributed by atoms with Crippen LogP contribution in [0, 0.1) is 5.82 Å². The quantitative estimate of drug-likeness (QED) is 0.484. The number of aliphatic hydroxyl groups excluding tert-OH is 1. The fourth-order valence-corrected chi connectivity index (χ4v) is 1.61. The zero-order valence-electron chi connectivity index (χ0n) is 9.63. The molecule has 1 unspecified atom stereocenters. The summed E-state index contributed by atoms with van der Waals surface area (Å²) in [4.78, 5) is 0. The summed E-state index contributed by atoms with van der Waals surface area (Å²) in [5.74, 6) is -0.638. The van der Waals surface area contributed by atoms with Crippen molar-refractivity contribution in [2.45, 2.75) is 25.9 Å². The van der Waals surface area contributed by atoms with Crippen LogP contribution < -0.4 is 16.8 Å². The van der Waals surface area contributed by atoms with E-state index in [4.69, 9.17) is 28.2 Å². The van der Waals surface area contributed by atoms with Crippen molar-refractivity contribution in [3.63, 3.8) is 0 Å². The van der Waals surface area contributed by atoms with Crippen molar-refractivity contribution in [2.75, 3.05) is 23.3 Å². The van der Waals surface area contributed by atoms with Crippen molar-refractivity contribution < 1.29 is 9.50 Å². The van der Waals surface area contributed by atoms with Gasteiger partial charge in [-0.25, -0.2) is 4.39 Å². The zero-order chi connectivity index (χ0) is 13.0. The molecule has 0 aromatic heterocycles. The number of nitrogens with one attached hydrogen (secondary N) is 1. The lowest BCUT2D eigenvalue weighted by Gasteiger charge is -2.13. The molecule has 6 heteroatoms. The number of anilines is 3. The minimum atomic E-state index is -0.638. The normalized spacial score (nSPS) is 12.5. The van der Waals surface area contributed by atoms with Gasteiger partial charge in [-0.1, -0.05) is 11.6 Å². The second-order valence-corrected chi connectivity index (χ2v) is 4.35. The summed E-state index contributed by atoms with van der Waals surface area (Å²) in [6, 6.07) is 1.42. The van der Waals surface area contributed by atoms with Crippen LogP contribution in [0.2, 0.25) is 5.02 Å². The van der Waals surface area contributed by atoms with Crippen molar-refractivity contribution in [3.8, 4) is 0 Å². The summed E-state index contributed by atoms with van der Waals surface area (Å²) < 4.78 is 13.7. The first-order chi connectivity index (χ1) is 7.93. The van der Waals surface area contributed by atoms with Crippen molar-refractivity contribution in [1.82, 2.24) is 0 Å². The maximum absolute atomic E-state index is 13.7. The number of hydrogen-bond donors (Lipinski definition) is 4. The Morgan fingerprint density at radius 1 is 1.47 bits per heavy atom. The van der Waals surface area contributed by atoms with Gasteiger partial charge in [-0.15, -0.1) is 0 Å². The summed E-state index contributed by atoms with van der Waals surface area (Å²) >= 11 is 5.68. The van der Waals surface area contributed by atoms with Crippen LogP contribution in [0.1, 0.15) is 19.8 Å². The Hall–Kier alpha value is -1.20. The van der Waals surface area contributed by atoms with Gasteiger partial charge in [0.05, 0.1) is 23.2 Å². The average Bonchev–Trinajstić information content (AvgIpc) is 2.24. The highest BCUT2D eigenvalue weighted by Crippen LogP contribution is 2.33. The molecule has 0 saturated carbocycles. The molecule has 4 nitrogen and oxygen atoms in total. The molecule has 0 spiro atoms. The van der Waals surface area contributed by atoms with Gasteiger partial charge in [-0.05, 0) is 25.8 Å². The smallest absolute Gasteiger partial charge is 0.169 e. The van der Waals surface area contributed by atoms with Gasteiger partial charge < -0.3 is 21.9 Å². The van der Waals surface area contributed by atoms with Crippen LogP contribution in [0.4, 0.5) is 21.5 Å². The molecule has 1 aromatic rings. The zero-order valence-corrected chi connectivity index (χ0v) is 10.4. The first-order valence-corrected chi connectivity index (χ1v) is 5.76. The summed E-state index contributed by atoms with van der Waals surface area (Å²) in [5.41, 5.74) is 11.6. The second kappa shape index (κ2) is 5.93. The van der Waals surface area contributed by atoms with Crippen LogP contribution in [0.25, 0.3) is 0 Å². The van der Waals surface area contributed by atoms with E-state index in [0.29, 0.717) is 19.4 Å². The predicted molar refractivity (Wildman–Crippen MR) is 69.6 cm³/mol. The van der Waals surface area contributed by atoms with E-state index in [0.717, 1.165) is 0 Å². The van der Waals surface area contributed by atoms with E-state index in [-0.39, 0.29) is 28.2 Å². The van der Waals surface area contributed by atoms with E-state index in [1.807, 2.05) is 0 Å². The summed E-state index contributed by atoms with van der Waals surface area (Å²) in [6.45, 7) is 2.21. The van der Waals surface area contributed by atoms with Gasteiger partial charge in [0.15, 0.2) is 5.82 Å². The Labute approximate surface area is 105 Å². The van der Waals surface area contributed by atoms with Gasteiger partial charge in [0.25, 0.3) is 0 Å². The molecular weight excluding hydrogens is 245 g/mol. The lowest BCUT2D eigenvalue weighted by Crippen LogP contribution is -2.10. The molecule has 1 rings (SSSR count). The first-order valence-electron chi connectivity index (χ1n) is 5.38. The Morgan fingerprint density at radius 3 is 2.71 bits per heavy atom. The van der Waals surface area contributed by atoms with Gasteiger partial charge in [0.1, 0.15) is 5.02 Å². The topological polar surface area (TPSA) is 84.3 Å². The highest BCUT2D eigenvalue weighted by molar-refractivity contribution is 6.33. The molecule has 0 amide bonds. The van der Waals surface area contributed by atoms with E-state index in [2.05, 4.69) is 5.32 Å². The minimum absolute atomic E-state index is 0.121. The molecule has 0 fully saturated rings. The third-order valence-electron chi connectivity index (χ3n) is 2.37. The van der Waals surface area contributed by atoms with E-state index < -0.39 is 5.82 Å². The number of benzene rings is 1. The molecule has 1 aromatic carbocycles. The summed E-state index contributed by atoms with van der Waals surface area (Å²) in [7, 11) is 0. The van der Waals surface area contributed by atoms with E-state index in [1.54, 1.807) is 6.92 Å². The molecule has 1 atom stereocenters. The third-order valence-corrected chi connectivity index (χ3v) is 2.75. The Kier molecular flexibility index (Phi) is 4.84. The Balaban J connectivity index is 2.68. The molecule has 0 aliphatic rings. The van der Waals surface area contributed by atoms with Crippen LogP contribution >= 0.6 is 11.6 Å². The van der Waals surface area contributed by atoms with E-state index >= 15 is 0 Å². The fourth-order valence-electron chi connectivity index (χ4n) is 1.46. The monoisotopic (exact) mass is 261 g/mol. The molecule has 0 aliphatic carbocycles. The van der Waals surface area contributed by atoms with Gasteiger partial charge >= 0.3 is 0 Å². The lowest BCUT2D eigenvalue weighted by molar-refractivity contribution is 0.183. The van der Waals surface area contributed by atoms with Gasteiger partial charge in [0, 0.05) is 6.54 Å². The molecule has 0 heterocycles. The van der Waals surface area contributed by atoms with Crippen molar-refractivity contribution in [2.24, 2.45) is 0 Å². The number of halogens is 2. The molecule has 0 aliphatic heterocycles. The summed E-state index contributed by atoms with van der Waals surface area (Å²) in [6.07, 6.45) is 0.976. The van der Waals surface area contributed by atoms with Gasteiger partial charge in [-0.3, -0.25) is 0 Å². The van der Waals surface area contributed by atoms with Crippen LogP contribution in [0.3, 0.4) is 0 Å². The summed E-state index contributed by atoms with van der Waals surface area (Å²) in [5, 5.41) is 11.8. The highest BCUT2D eigenvalue weighted by Gasteiger charge is 2.13. The van der Waals surface area contributed by atoms with E-state index in [1.165, 1.54) is 6.07 Å². The van der Waals surface area contributed by atoms with Gasteiger partial charge in [-0.2, -0.15) is 0 Å². The number of aliphatic hydroxyl groups is 1. The van der Waals surface area contributed by atoms with Crippen molar-refractivity contribution in [1.29, 1.82) is 0 Å². The molecule has 6 N–H and O–H groups in total. The maximum atomic E-state index is 13.7. The molecular formula is C11H17ClFN3O. The fraction of sp³-hybridized carbons (Fsp3) is 0.455. The molecule has 96 valence electrons. The maximum Gasteiger partial charge on any atom is 0.169 e. The third kappa shape index (κ3) is 3.64. The van der Waals surface area contributed by atoms with Crippen molar-refractivity contribution in [3.05, 3.63) is 16.9 Å². The number of hydrogen-bond acceptors (Lipinski definition) is 4. The highest BCUT2D eigenvalue weighted by atomic mass is 35.5. The molecule has 0 bridgehead atoms.